The second kappa shape index (κ2) is 23.3. The molecule has 0 radical (unpaired) electrons. The lowest BCUT2D eigenvalue weighted by Gasteiger charge is -2.28. The molecule has 0 bridgehead atoms. The predicted molar refractivity (Wildman–Crippen MR) is 221 cm³/mol. The highest BCUT2D eigenvalue weighted by Crippen LogP contribution is 2.44. The van der Waals surface area contributed by atoms with Gasteiger partial charge in [0.15, 0.2) is 0 Å². The zero-order chi connectivity index (χ0) is 43.6. The molecule has 4 rings (SSSR count). The maximum Gasteiger partial charge on any atom is 0.407 e. The minimum absolute atomic E-state index is 0.0775. The number of nitrogens with one attached hydrogen (secondary N) is 6. The van der Waals surface area contributed by atoms with E-state index in [4.69, 9.17) is 15.3 Å². The number of carboxylic acids is 1. The SMILES string of the molecule is CC[C@H](C)[C@H](NC(=O)[C@H](CC(=O)O)NC(=O)OCC1c2ccccc2-c2ccccc21)C(=O)N[C@@H](CCCCN)C(=O)NCC(=O)N[C@H](Cc1ccccc1)C(=O)NOC. The first-order valence-corrected chi connectivity index (χ1v) is 19.9. The van der Waals surface area contributed by atoms with E-state index in [-0.39, 0.29) is 25.4 Å². The molecule has 0 saturated carbocycles. The smallest absolute Gasteiger partial charge is 0.407 e. The van der Waals surface area contributed by atoms with Crippen molar-refractivity contribution in [3.63, 3.8) is 0 Å². The number of rotatable bonds is 23. The lowest BCUT2D eigenvalue weighted by atomic mass is 9.96. The Bertz CT molecular complexity index is 1920. The van der Waals surface area contributed by atoms with Gasteiger partial charge in [-0.05, 0) is 59.5 Å². The van der Waals surface area contributed by atoms with Gasteiger partial charge in [0.1, 0.15) is 30.8 Å². The van der Waals surface area contributed by atoms with E-state index in [0.717, 1.165) is 27.8 Å². The zero-order valence-corrected chi connectivity index (χ0v) is 34.0. The number of fused-ring (bicyclic) bond motifs is 3. The van der Waals surface area contributed by atoms with Crippen LogP contribution >= 0.6 is 0 Å². The molecule has 0 heterocycles. The van der Waals surface area contributed by atoms with E-state index in [1.54, 1.807) is 38.1 Å². The van der Waals surface area contributed by atoms with Crippen molar-refractivity contribution in [2.75, 3.05) is 26.8 Å². The van der Waals surface area contributed by atoms with Crippen LogP contribution in [0.15, 0.2) is 78.9 Å². The maximum absolute atomic E-state index is 13.8. The summed E-state index contributed by atoms with van der Waals surface area (Å²) in [6.07, 6.45) is -0.194. The van der Waals surface area contributed by atoms with Gasteiger partial charge < -0.3 is 42.2 Å². The summed E-state index contributed by atoms with van der Waals surface area (Å²) in [5, 5.41) is 22.3. The first-order chi connectivity index (χ1) is 28.9. The van der Waals surface area contributed by atoms with Crippen LogP contribution < -0.4 is 37.8 Å². The average Bonchev–Trinajstić information content (AvgIpc) is 3.56. The molecule has 1 aliphatic carbocycles. The van der Waals surface area contributed by atoms with E-state index in [2.05, 4.69) is 32.1 Å². The van der Waals surface area contributed by atoms with Gasteiger partial charge in [-0.2, -0.15) is 0 Å². The third kappa shape index (κ3) is 13.4. The predicted octanol–water partition coefficient (Wildman–Crippen LogP) is 2.03. The first-order valence-electron chi connectivity index (χ1n) is 19.9. The van der Waals surface area contributed by atoms with Crippen molar-refractivity contribution in [3.8, 4) is 11.1 Å². The molecular formula is C43H55N7O10. The Labute approximate surface area is 348 Å². The molecular weight excluding hydrogens is 775 g/mol. The molecule has 9 N–H and O–H groups in total. The fourth-order valence-electron chi connectivity index (χ4n) is 6.91. The van der Waals surface area contributed by atoms with Crippen molar-refractivity contribution in [3.05, 3.63) is 95.6 Å². The lowest BCUT2D eigenvalue weighted by Crippen LogP contribution is -2.59. The second-order valence-electron chi connectivity index (χ2n) is 14.5. The van der Waals surface area contributed by atoms with Gasteiger partial charge in [0, 0.05) is 12.3 Å². The van der Waals surface area contributed by atoms with Crippen LogP contribution in [-0.4, -0.2) is 97.7 Å². The largest absolute Gasteiger partial charge is 0.481 e. The minimum Gasteiger partial charge on any atom is -0.481 e. The lowest BCUT2D eigenvalue weighted by molar-refractivity contribution is -0.140. The van der Waals surface area contributed by atoms with Crippen molar-refractivity contribution in [1.82, 2.24) is 32.1 Å². The van der Waals surface area contributed by atoms with Crippen molar-refractivity contribution < 1.29 is 48.2 Å². The molecule has 0 saturated heterocycles. The number of nitrogens with two attached hydrogens (primary N) is 1. The second-order valence-corrected chi connectivity index (χ2v) is 14.5. The Morgan fingerprint density at radius 2 is 1.37 bits per heavy atom. The zero-order valence-electron chi connectivity index (χ0n) is 34.0. The number of carbonyl (C=O) groups excluding carboxylic acids is 6. The van der Waals surface area contributed by atoms with Crippen molar-refractivity contribution in [1.29, 1.82) is 0 Å². The highest BCUT2D eigenvalue weighted by molar-refractivity contribution is 5.96. The summed E-state index contributed by atoms with van der Waals surface area (Å²) in [5.41, 5.74) is 12.6. The van der Waals surface area contributed by atoms with Crippen LogP contribution in [0.4, 0.5) is 4.79 Å². The fourth-order valence-corrected chi connectivity index (χ4v) is 6.91. The van der Waals surface area contributed by atoms with E-state index in [1.807, 2.05) is 54.6 Å². The normalized spacial score (nSPS) is 14.1. The number of hydrogen-bond donors (Lipinski definition) is 8. The molecule has 3 aromatic carbocycles. The van der Waals surface area contributed by atoms with Crippen LogP contribution in [0.3, 0.4) is 0 Å². The molecule has 3 aromatic rings. The third-order valence-corrected chi connectivity index (χ3v) is 10.3. The fraction of sp³-hybridized carbons (Fsp3) is 0.419. The van der Waals surface area contributed by atoms with Crippen LogP contribution in [-0.2, 0) is 44.8 Å². The number of aliphatic carboxylic acids is 1. The summed E-state index contributed by atoms with van der Waals surface area (Å²) in [4.78, 5) is 96.2. The Morgan fingerprint density at radius 3 is 1.97 bits per heavy atom. The van der Waals surface area contributed by atoms with Crippen LogP contribution in [0.1, 0.15) is 68.6 Å². The van der Waals surface area contributed by atoms with Crippen LogP contribution in [0, 0.1) is 5.92 Å². The molecule has 0 fully saturated rings. The number of hydroxylamine groups is 1. The van der Waals surface area contributed by atoms with E-state index in [0.29, 0.717) is 25.8 Å². The summed E-state index contributed by atoms with van der Waals surface area (Å²) in [6.45, 7) is 3.19. The number of unbranched alkanes of at least 4 members (excludes halogenated alkanes) is 1. The van der Waals surface area contributed by atoms with Crippen molar-refractivity contribution >= 4 is 41.6 Å². The third-order valence-electron chi connectivity index (χ3n) is 10.3. The Kier molecular flexibility index (Phi) is 18.0. The average molecular weight is 830 g/mol. The number of carbonyl (C=O) groups is 7. The van der Waals surface area contributed by atoms with E-state index < -0.39 is 84.6 Å². The number of hydrogen-bond acceptors (Lipinski definition) is 10. The van der Waals surface area contributed by atoms with E-state index >= 15 is 0 Å². The van der Waals surface area contributed by atoms with Crippen molar-refractivity contribution in [2.45, 2.75) is 82.5 Å². The Hall–Kier alpha value is -6.33. The molecule has 0 aliphatic heterocycles. The summed E-state index contributed by atoms with van der Waals surface area (Å²) in [6, 6.07) is 19.4. The Morgan fingerprint density at radius 1 is 0.733 bits per heavy atom. The molecule has 0 unspecified atom stereocenters. The number of carboxylic acid groups (broad SMARTS) is 1. The van der Waals surface area contributed by atoms with E-state index in [1.165, 1.54) is 7.11 Å². The minimum atomic E-state index is -1.61. The summed E-state index contributed by atoms with van der Waals surface area (Å²) < 4.78 is 5.55. The van der Waals surface area contributed by atoms with Crippen LogP contribution in [0.25, 0.3) is 11.1 Å². The van der Waals surface area contributed by atoms with Crippen LogP contribution in [0.5, 0.6) is 0 Å². The van der Waals surface area contributed by atoms with Gasteiger partial charge in [0.05, 0.1) is 20.1 Å². The van der Waals surface area contributed by atoms with Gasteiger partial charge in [-0.15, -0.1) is 0 Å². The van der Waals surface area contributed by atoms with Gasteiger partial charge in [0.2, 0.25) is 23.6 Å². The molecule has 0 aromatic heterocycles. The standard InChI is InChI=1S/C43H55N7O10/c1-4-26(2)38(49-40(55)35(23-37(52)53)48-43(58)60-25-32-30-18-10-8-16-28(30)29-17-9-11-19-31(29)32)42(57)47-33(20-12-13-21-44)39(54)45-24-36(51)46-34(41(56)50-59-3)22-27-14-6-5-7-15-27/h5-11,14-19,26,32-35,38H,4,12-13,20-25,44H2,1-3H3,(H,45,54)(H,46,51)(H,47,57)(H,48,58)(H,49,55)(H,50,56)(H,52,53)/t26-,33-,34+,35-,38-/m0/s1. The quantitative estimate of drug-likeness (QED) is 0.0507. The topological polar surface area (TPSA) is 256 Å². The Balaban J connectivity index is 1.40. The molecule has 17 heteroatoms. The highest BCUT2D eigenvalue weighted by Gasteiger charge is 2.34. The van der Waals surface area contributed by atoms with Gasteiger partial charge in [-0.1, -0.05) is 99.1 Å². The van der Waals surface area contributed by atoms with Crippen LogP contribution in [0.2, 0.25) is 0 Å². The van der Waals surface area contributed by atoms with Gasteiger partial charge in [-0.25, -0.2) is 10.3 Å². The monoisotopic (exact) mass is 829 g/mol. The molecule has 5 atom stereocenters. The van der Waals surface area contributed by atoms with Gasteiger partial charge in [0.25, 0.3) is 5.91 Å². The summed E-state index contributed by atoms with van der Waals surface area (Å²) in [7, 11) is 1.26. The number of benzene rings is 3. The number of ether oxygens (including phenoxy) is 1. The highest BCUT2D eigenvalue weighted by atomic mass is 16.6. The molecule has 0 spiro atoms. The van der Waals surface area contributed by atoms with E-state index in [9.17, 15) is 38.7 Å². The van der Waals surface area contributed by atoms with Gasteiger partial charge >= 0.3 is 12.1 Å². The molecule has 60 heavy (non-hydrogen) atoms. The molecule has 6 amide bonds. The first kappa shape index (κ1) is 46.4. The maximum atomic E-state index is 13.8. The molecule has 322 valence electrons. The van der Waals surface area contributed by atoms with Crippen molar-refractivity contribution in [2.24, 2.45) is 11.7 Å². The number of alkyl carbamates (subject to hydrolysis) is 1. The van der Waals surface area contributed by atoms with Gasteiger partial charge in [-0.3, -0.25) is 33.6 Å². The molecule has 1 aliphatic rings. The molecule has 17 nitrogen and oxygen atoms in total. The number of amides is 6. The summed E-state index contributed by atoms with van der Waals surface area (Å²) in [5.74, 6) is -5.86. The summed E-state index contributed by atoms with van der Waals surface area (Å²) >= 11 is 0.